The maximum atomic E-state index is 10.2. The lowest BCUT2D eigenvalue weighted by atomic mass is 10.1. The van der Waals surface area contributed by atoms with Crippen LogP contribution in [0.4, 0.5) is 0 Å². The lowest BCUT2D eigenvalue weighted by Crippen LogP contribution is -1.96. The fraction of sp³-hybridized carbons (Fsp3) is 0.682. The minimum absolute atomic E-state index is 0.691. The van der Waals surface area contributed by atoms with Crippen LogP contribution in [-0.4, -0.2) is 20.0 Å². The summed E-state index contributed by atoms with van der Waals surface area (Å²) >= 11 is 0. The third-order valence-electron chi connectivity index (χ3n) is 4.54. The van der Waals surface area contributed by atoms with Gasteiger partial charge in [0.2, 0.25) is 0 Å². The maximum Gasteiger partial charge on any atom is 0.119 e. The molecule has 3 nitrogen and oxygen atoms in total. The Labute approximate surface area is 154 Å². The molecule has 1 rings (SSSR count). The van der Waals surface area contributed by atoms with E-state index in [4.69, 9.17) is 9.47 Å². The Morgan fingerprint density at radius 1 is 0.760 bits per heavy atom. The number of carbonyl (C=O) groups is 1. The Kier molecular flexibility index (Phi) is 14.0. The number of rotatable bonds is 17. The molecule has 0 aliphatic carbocycles. The molecule has 0 saturated heterocycles. The molecule has 0 radical (unpaired) electrons. The van der Waals surface area contributed by atoms with E-state index < -0.39 is 0 Å². The van der Waals surface area contributed by atoms with Gasteiger partial charge in [0.15, 0.2) is 0 Å². The Balaban J connectivity index is 1.79. The van der Waals surface area contributed by atoms with Crippen LogP contribution in [0.1, 0.15) is 82.6 Å². The minimum atomic E-state index is 0.691. The van der Waals surface area contributed by atoms with Gasteiger partial charge >= 0.3 is 0 Å². The molecular formula is C22H36O3. The standard InChI is InChI=1S/C22H36O3/c1-24-22-16-14-21(15-17-22)20-25-19-13-11-9-7-5-3-2-4-6-8-10-12-18-23/h14-18H,2-13,19-20H2,1H3. The molecule has 0 atom stereocenters. The Morgan fingerprint density at radius 3 is 1.80 bits per heavy atom. The van der Waals surface area contributed by atoms with E-state index >= 15 is 0 Å². The Hall–Kier alpha value is -1.35. The highest BCUT2D eigenvalue weighted by atomic mass is 16.5. The molecule has 142 valence electrons. The first-order valence-corrected chi connectivity index (χ1v) is 10.0. The topological polar surface area (TPSA) is 35.5 Å². The van der Waals surface area contributed by atoms with Gasteiger partial charge < -0.3 is 14.3 Å². The summed E-state index contributed by atoms with van der Waals surface area (Å²) in [5.74, 6) is 0.890. The second-order valence-corrected chi connectivity index (χ2v) is 6.75. The van der Waals surface area contributed by atoms with Crippen molar-refractivity contribution in [1.82, 2.24) is 0 Å². The van der Waals surface area contributed by atoms with Crippen molar-refractivity contribution < 1.29 is 14.3 Å². The molecule has 0 fully saturated rings. The summed E-state index contributed by atoms with van der Waals surface area (Å²) < 4.78 is 10.9. The molecule has 0 aliphatic heterocycles. The minimum Gasteiger partial charge on any atom is -0.497 e. The predicted octanol–water partition coefficient (Wildman–Crippen LogP) is 6.09. The zero-order valence-electron chi connectivity index (χ0n) is 16.0. The second kappa shape index (κ2) is 16.1. The number of carbonyl (C=O) groups excluding carboxylic acids is 1. The van der Waals surface area contributed by atoms with Crippen LogP contribution in [0, 0.1) is 0 Å². The highest BCUT2D eigenvalue weighted by Gasteiger charge is 1.96. The molecule has 1 aromatic rings. The quantitative estimate of drug-likeness (QED) is 0.252. The van der Waals surface area contributed by atoms with E-state index in [-0.39, 0.29) is 0 Å². The second-order valence-electron chi connectivity index (χ2n) is 6.75. The van der Waals surface area contributed by atoms with Crippen LogP contribution in [0.2, 0.25) is 0 Å². The van der Waals surface area contributed by atoms with Crippen LogP contribution in [0.15, 0.2) is 24.3 Å². The van der Waals surface area contributed by atoms with E-state index in [1.54, 1.807) is 7.11 Å². The summed E-state index contributed by atoms with van der Waals surface area (Å²) in [5, 5.41) is 0. The summed E-state index contributed by atoms with van der Waals surface area (Å²) in [6.45, 7) is 1.55. The molecule has 0 saturated carbocycles. The molecule has 1 aromatic carbocycles. The van der Waals surface area contributed by atoms with E-state index in [0.717, 1.165) is 37.9 Å². The number of unbranched alkanes of at least 4 members (excludes halogenated alkanes) is 11. The van der Waals surface area contributed by atoms with Crippen LogP contribution in [-0.2, 0) is 16.1 Å². The van der Waals surface area contributed by atoms with Crippen LogP contribution in [0.5, 0.6) is 5.75 Å². The van der Waals surface area contributed by atoms with Gasteiger partial charge in [-0.3, -0.25) is 0 Å². The molecule has 0 amide bonds. The number of hydrogen-bond acceptors (Lipinski definition) is 3. The normalized spacial score (nSPS) is 10.8. The van der Waals surface area contributed by atoms with Crippen molar-refractivity contribution in [3.63, 3.8) is 0 Å². The molecule has 0 unspecified atom stereocenters. The number of ether oxygens (including phenoxy) is 2. The maximum absolute atomic E-state index is 10.2. The van der Waals surface area contributed by atoms with Gasteiger partial charge in [-0.1, -0.05) is 69.9 Å². The van der Waals surface area contributed by atoms with E-state index in [1.807, 2.05) is 12.1 Å². The molecular weight excluding hydrogens is 312 g/mol. The molecule has 0 N–H and O–H groups in total. The van der Waals surface area contributed by atoms with Crippen molar-refractivity contribution in [3.05, 3.63) is 29.8 Å². The summed E-state index contributed by atoms with van der Waals surface area (Å²) in [5.41, 5.74) is 1.20. The van der Waals surface area contributed by atoms with E-state index in [1.165, 1.54) is 63.4 Å². The molecule has 0 spiro atoms. The third-order valence-corrected chi connectivity index (χ3v) is 4.54. The zero-order valence-corrected chi connectivity index (χ0v) is 16.0. The molecule has 3 heteroatoms. The van der Waals surface area contributed by atoms with Crippen molar-refractivity contribution in [2.24, 2.45) is 0 Å². The smallest absolute Gasteiger partial charge is 0.119 e. The number of benzene rings is 1. The molecule has 0 bridgehead atoms. The molecule has 25 heavy (non-hydrogen) atoms. The van der Waals surface area contributed by atoms with Gasteiger partial charge in [0, 0.05) is 13.0 Å². The van der Waals surface area contributed by atoms with Crippen LogP contribution >= 0.6 is 0 Å². The summed E-state index contributed by atoms with van der Waals surface area (Å²) in [7, 11) is 1.68. The molecule has 0 heterocycles. The van der Waals surface area contributed by atoms with Gasteiger partial charge in [-0.05, 0) is 30.5 Å². The first-order chi connectivity index (χ1) is 12.4. The van der Waals surface area contributed by atoms with Gasteiger partial charge in [-0.2, -0.15) is 0 Å². The average molecular weight is 349 g/mol. The van der Waals surface area contributed by atoms with Crippen LogP contribution in [0.25, 0.3) is 0 Å². The fourth-order valence-electron chi connectivity index (χ4n) is 2.93. The zero-order chi connectivity index (χ0) is 18.0. The van der Waals surface area contributed by atoms with Gasteiger partial charge in [0.05, 0.1) is 13.7 Å². The summed E-state index contributed by atoms with van der Waals surface area (Å²) in [6, 6.07) is 8.07. The van der Waals surface area contributed by atoms with E-state index in [2.05, 4.69) is 12.1 Å². The van der Waals surface area contributed by atoms with Crippen molar-refractivity contribution in [2.45, 2.75) is 83.7 Å². The van der Waals surface area contributed by atoms with Crippen molar-refractivity contribution in [1.29, 1.82) is 0 Å². The number of aldehydes is 1. The van der Waals surface area contributed by atoms with Crippen molar-refractivity contribution >= 4 is 6.29 Å². The van der Waals surface area contributed by atoms with Gasteiger partial charge in [-0.25, -0.2) is 0 Å². The average Bonchev–Trinajstić information content (AvgIpc) is 2.65. The van der Waals surface area contributed by atoms with E-state index in [0.29, 0.717) is 6.61 Å². The summed E-state index contributed by atoms with van der Waals surface area (Å²) in [4.78, 5) is 10.2. The SMILES string of the molecule is COc1ccc(COCCCCCCCCCCCCCC=O)cc1. The molecule has 0 aromatic heterocycles. The third kappa shape index (κ3) is 12.6. The number of hydrogen-bond donors (Lipinski definition) is 0. The Morgan fingerprint density at radius 2 is 1.28 bits per heavy atom. The van der Waals surface area contributed by atoms with Crippen LogP contribution < -0.4 is 4.74 Å². The highest BCUT2D eigenvalue weighted by molar-refractivity contribution is 5.48. The van der Waals surface area contributed by atoms with Crippen LogP contribution in [0.3, 0.4) is 0 Å². The van der Waals surface area contributed by atoms with Gasteiger partial charge in [-0.15, -0.1) is 0 Å². The van der Waals surface area contributed by atoms with Crippen molar-refractivity contribution in [3.8, 4) is 5.75 Å². The lowest BCUT2D eigenvalue weighted by molar-refractivity contribution is -0.107. The fourth-order valence-corrected chi connectivity index (χ4v) is 2.93. The van der Waals surface area contributed by atoms with Gasteiger partial charge in [0.25, 0.3) is 0 Å². The molecule has 0 aliphatic rings. The first-order valence-electron chi connectivity index (χ1n) is 10.0. The first kappa shape index (κ1) is 21.7. The highest BCUT2D eigenvalue weighted by Crippen LogP contribution is 2.13. The largest absolute Gasteiger partial charge is 0.497 e. The Bertz CT molecular complexity index is 414. The monoisotopic (exact) mass is 348 g/mol. The lowest BCUT2D eigenvalue weighted by Gasteiger charge is -2.06. The number of methoxy groups -OCH3 is 1. The van der Waals surface area contributed by atoms with Crippen molar-refractivity contribution in [2.75, 3.05) is 13.7 Å². The van der Waals surface area contributed by atoms with E-state index in [9.17, 15) is 4.79 Å². The summed E-state index contributed by atoms with van der Waals surface area (Å²) in [6.07, 6.45) is 15.9. The van der Waals surface area contributed by atoms with Gasteiger partial charge in [0.1, 0.15) is 12.0 Å². The predicted molar refractivity (Wildman–Crippen MR) is 104 cm³/mol.